The summed E-state index contributed by atoms with van der Waals surface area (Å²) in [6, 6.07) is 4.56. The Labute approximate surface area is 262 Å². The van der Waals surface area contributed by atoms with Crippen molar-refractivity contribution in [3.8, 4) is 10.6 Å². The molecule has 1 aliphatic carbocycles. The number of nitrogens with one attached hydrogen (secondary N) is 1. The van der Waals surface area contributed by atoms with Gasteiger partial charge >= 0.3 is 5.97 Å². The van der Waals surface area contributed by atoms with Crippen molar-refractivity contribution < 1.29 is 23.5 Å². The Kier molecular flexibility index (Phi) is 9.18. The molecule has 2 aliphatic heterocycles. The fourth-order valence-corrected chi connectivity index (χ4v) is 8.59. The number of aromatic nitrogens is 1. The second-order valence-electron chi connectivity index (χ2n) is 11.5. The zero-order valence-electron chi connectivity index (χ0n) is 23.7. The number of nitrogens with zero attached hydrogens (tertiary/aromatic N) is 4. The normalized spacial score (nSPS) is 19.1. The van der Waals surface area contributed by atoms with Crippen LogP contribution in [0.1, 0.15) is 55.3 Å². The summed E-state index contributed by atoms with van der Waals surface area (Å²) in [6.45, 7) is 4.08. The van der Waals surface area contributed by atoms with Gasteiger partial charge in [-0.1, -0.05) is 42.2 Å². The van der Waals surface area contributed by atoms with Crippen molar-refractivity contribution in [1.82, 2.24) is 9.88 Å². The second kappa shape index (κ2) is 13.1. The summed E-state index contributed by atoms with van der Waals surface area (Å²) in [5, 5.41) is 15.7. The Morgan fingerprint density at radius 2 is 1.60 bits per heavy atom. The van der Waals surface area contributed by atoms with Crippen molar-refractivity contribution in [2.45, 2.75) is 51.0 Å². The lowest BCUT2D eigenvalue weighted by atomic mass is 9.94. The third-order valence-corrected chi connectivity index (χ3v) is 11.1. The monoisotopic (exact) mass is 649 g/mol. The highest BCUT2D eigenvalue weighted by atomic mass is 35.5. The van der Waals surface area contributed by atoms with Crippen LogP contribution in [-0.2, 0) is 4.79 Å². The molecule has 4 heterocycles. The Bertz CT molecular complexity index is 1450. The van der Waals surface area contributed by atoms with Crippen molar-refractivity contribution >= 4 is 62.0 Å². The van der Waals surface area contributed by atoms with Crippen LogP contribution in [0.5, 0.6) is 0 Å². The largest absolute Gasteiger partial charge is 0.481 e. The lowest BCUT2D eigenvalue weighted by Gasteiger charge is -2.41. The summed E-state index contributed by atoms with van der Waals surface area (Å²) in [4.78, 5) is 36.5. The molecule has 1 aromatic carbocycles. The molecule has 6 rings (SSSR count). The molecular formula is C30H34ClF2N5O3S2. The number of carboxylic acids is 1. The van der Waals surface area contributed by atoms with E-state index in [0.717, 1.165) is 53.9 Å². The van der Waals surface area contributed by atoms with Gasteiger partial charge in [0.05, 0.1) is 15.8 Å². The van der Waals surface area contributed by atoms with Gasteiger partial charge in [0.15, 0.2) is 5.13 Å². The summed E-state index contributed by atoms with van der Waals surface area (Å²) >= 11 is 9.07. The van der Waals surface area contributed by atoms with Gasteiger partial charge in [-0.3, -0.25) is 19.8 Å². The highest BCUT2D eigenvalue weighted by molar-refractivity contribution is 7.21. The molecule has 1 amide bonds. The van der Waals surface area contributed by atoms with Crippen LogP contribution in [0, 0.1) is 17.6 Å². The van der Waals surface area contributed by atoms with Crippen molar-refractivity contribution in [3.05, 3.63) is 45.8 Å². The molecule has 0 radical (unpaired) electrons. The summed E-state index contributed by atoms with van der Waals surface area (Å²) in [5.74, 6) is -3.80. The second-order valence-corrected chi connectivity index (χ2v) is 13.8. The molecule has 3 aromatic rings. The number of carbonyl (C=O) groups is 2. The summed E-state index contributed by atoms with van der Waals surface area (Å²) in [7, 11) is 0. The zero-order valence-corrected chi connectivity index (χ0v) is 26.0. The third-order valence-electron chi connectivity index (χ3n) is 8.76. The van der Waals surface area contributed by atoms with Gasteiger partial charge in [-0.15, -0.1) is 11.3 Å². The van der Waals surface area contributed by atoms with E-state index in [1.54, 1.807) is 0 Å². The number of hydrogen-bond donors (Lipinski definition) is 2. The van der Waals surface area contributed by atoms with Crippen LogP contribution < -0.4 is 15.1 Å². The molecule has 3 aliphatic rings. The van der Waals surface area contributed by atoms with E-state index in [-0.39, 0.29) is 24.3 Å². The van der Waals surface area contributed by atoms with E-state index in [2.05, 4.69) is 15.1 Å². The van der Waals surface area contributed by atoms with E-state index in [1.807, 2.05) is 11.4 Å². The van der Waals surface area contributed by atoms with Crippen molar-refractivity contribution in [2.24, 2.45) is 5.92 Å². The van der Waals surface area contributed by atoms with Gasteiger partial charge in [0, 0.05) is 56.3 Å². The van der Waals surface area contributed by atoms with Gasteiger partial charge in [0.1, 0.15) is 28.0 Å². The average Bonchev–Trinajstić information content (AvgIpc) is 3.63. The van der Waals surface area contributed by atoms with E-state index in [9.17, 15) is 14.7 Å². The number of carboxylic acid groups (broad SMARTS) is 1. The number of thiazole rings is 1. The van der Waals surface area contributed by atoms with Crippen molar-refractivity contribution in [1.29, 1.82) is 0 Å². The fourth-order valence-electron chi connectivity index (χ4n) is 6.43. The maximum atomic E-state index is 15.1. The number of aliphatic carboxylic acids is 1. The van der Waals surface area contributed by atoms with E-state index < -0.39 is 29.4 Å². The Morgan fingerprint density at radius 3 is 2.21 bits per heavy atom. The van der Waals surface area contributed by atoms with Crippen LogP contribution >= 0.6 is 34.3 Å². The van der Waals surface area contributed by atoms with E-state index in [1.165, 1.54) is 59.7 Å². The Hall–Kier alpha value is -2.80. The van der Waals surface area contributed by atoms with E-state index in [4.69, 9.17) is 16.6 Å². The van der Waals surface area contributed by atoms with Crippen LogP contribution in [-0.4, -0.2) is 72.2 Å². The Morgan fingerprint density at radius 1 is 0.930 bits per heavy atom. The molecule has 0 spiro atoms. The number of thiophene rings is 1. The molecule has 2 saturated heterocycles. The number of rotatable bonds is 7. The minimum Gasteiger partial charge on any atom is -0.481 e. The van der Waals surface area contributed by atoms with Gasteiger partial charge in [0.2, 0.25) is 0 Å². The number of carbonyl (C=O) groups excluding carboxylic acids is 1. The minimum absolute atomic E-state index is 0.155. The number of amides is 1. The molecule has 43 heavy (non-hydrogen) atoms. The van der Waals surface area contributed by atoms with Gasteiger partial charge in [-0.2, -0.15) is 0 Å². The van der Waals surface area contributed by atoms with Gasteiger partial charge in [-0.05, 0) is 43.9 Å². The molecule has 8 nitrogen and oxygen atoms in total. The number of anilines is 3. The summed E-state index contributed by atoms with van der Waals surface area (Å²) < 4.78 is 30.3. The van der Waals surface area contributed by atoms with E-state index in [0.29, 0.717) is 29.0 Å². The summed E-state index contributed by atoms with van der Waals surface area (Å²) in [6.07, 6.45) is 7.06. The predicted molar refractivity (Wildman–Crippen MR) is 168 cm³/mol. The molecule has 0 unspecified atom stereocenters. The molecule has 3 fully saturated rings. The quantitative estimate of drug-likeness (QED) is 0.291. The summed E-state index contributed by atoms with van der Waals surface area (Å²) in [5.41, 5.74) is 0.347. The standard InChI is InChI=1S/C30H34ClF2N5O3S2/c31-20-16-24(42-17-20)25-28(38-12-10-36(11-13-38)21-4-2-1-3-5-21)43-30(34-25)35-27(39)19-14-22(32)26(23(33)15-19)37-8-6-18(7-9-37)29(40)41/h14-18,21H,1-13H2,(H,40,41)(H,34,35,39). The first-order chi connectivity index (χ1) is 20.8. The first-order valence-electron chi connectivity index (χ1n) is 14.8. The van der Waals surface area contributed by atoms with Crippen LogP contribution in [0.2, 0.25) is 5.02 Å². The number of piperazine rings is 1. The maximum Gasteiger partial charge on any atom is 0.306 e. The SMILES string of the molecule is O=C(Nc1nc(-c2cc(Cl)cs2)c(N2CCN(C3CCCCC3)CC2)s1)c1cc(F)c(N2CCC(C(=O)O)CC2)c(F)c1. The smallest absolute Gasteiger partial charge is 0.306 e. The lowest BCUT2D eigenvalue weighted by molar-refractivity contribution is -0.142. The molecular weight excluding hydrogens is 616 g/mol. The van der Waals surface area contributed by atoms with E-state index >= 15 is 8.78 Å². The first kappa shape index (κ1) is 30.2. The Balaban J connectivity index is 1.18. The van der Waals surface area contributed by atoms with Crippen molar-refractivity contribution in [2.75, 3.05) is 54.4 Å². The van der Waals surface area contributed by atoms with Crippen molar-refractivity contribution in [3.63, 3.8) is 0 Å². The van der Waals surface area contributed by atoms with Gasteiger partial charge < -0.3 is 14.9 Å². The third kappa shape index (κ3) is 6.67. The topological polar surface area (TPSA) is 89.0 Å². The zero-order chi connectivity index (χ0) is 30.1. The minimum atomic E-state index is -0.898. The molecule has 1 saturated carbocycles. The molecule has 230 valence electrons. The molecule has 2 aromatic heterocycles. The van der Waals surface area contributed by atoms with Gasteiger partial charge in [-0.25, -0.2) is 13.8 Å². The number of benzene rings is 1. The highest BCUT2D eigenvalue weighted by Gasteiger charge is 2.30. The molecule has 2 N–H and O–H groups in total. The molecule has 13 heteroatoms. The van der Waals surface area contributed by atoms with Crippen LogP contribution in [0.4, 0.5) is 24.6 Å². The van der Waals surface area contributed by atoms with Gasteiger partial charge in [0.25, 0.3) is 5.91 Å². The molecule has 0 bridgehead atoms. The number of hydrogen-bond acceptors (Lipinski definition) is 8. The average molecular weight is 650 g/mol. The molecule has 0 atom stereocenters. The fraction of sp³-hybridized carbons (Fsp3) is 0.500. The lowest BCUT2D eigenvalue weighted by Crippen LogP contribution is -2.50. The van der Waals surface area contributed by atoms with Crippen LogP contribution in [0.25, 0.3) is 10.6 Å². The highest BCUT2D eigenvalue weighted by Crippen LogP contribution is 2.42. The maximum absolute atomic E-state index is 15.1. The van der Waals surface area contributed by atoms with Crippen LogP contribution in [0.3, 0.4) is 0 Å². The first-order valence-corrected chi connectivity index (χ1v) is 16.9. The van der Waals surface area contributed by atoms with Crippen LogP contribution in [0.15, 0.2) is 23.6 Å². The number of halogens is 3. The predicted octanol–water partition coefficient (Wildman–Crippen LogP) is 6.81. The number of piperidine rings is 1.